The summed E-state index contributed by atoms with van der Waals surface area (Å²) in [4.78, 5) is 0. The zero-order valence-electron chi connectivity index (χ0n) is 11.2. The minimum Gasteiger partial charge on any atom is -0.349 e. The van der Waals surface area contributed by atoms with E-state index in [0.717, 1.165) is 20.8 Å². The molecule has 2 aromatic carbocycles. The Hall–Kier alpha value is -1.41. The van der Waals surface area contributed by atoms with Crippen LogP contribution >= 0.6 is 39.3 Å². The average molecular weight is 380 g/mol. The van der Waals surface area contributed by atoms with Crippen molar-refractivity contribution in [1.82, 2.24) is 0 Å². The van der Waals surface area contributed by atoms with Gasteiger partial charge in [-0.1, -0.05) is 39.7 Å². The molecule has 2 nitrogen and oxygen atoms in total. The maximum absolute atomic E-state index is 9.47. The molecule has 0 unspecified atom stereocenters. The second-order valence-corrected chi connectivity index (χ2v) is 6.33. The van der Waals surface area contributed by atoms with Crippen molar-refractivity contribution in [3.8, 4) is 6.07 Å². The van der Waals surface area contributed by atoms with Crippen molar-refractivity contribution in [1.29, 1.82) is 5.26 Å². The van der Waals surface area contributed by atoms with Crippen LogP contribution in [0.1, 0.15) is 5.56 Å². The summed E-state index contributed by atoms with van der Waals surface area (Å²) in [7, 11) is 0. The number of nitrogens with zero attached hydrogens (tertiary/aromatic N) is 1. The maximum Gasteiger partial charge on any atom is 0.103 e. The van der Waals surface area contributed by atoms with Gasteiger partial charge in [0.05, 0.1) is 10.6 Å². The van der Waals surface area contributed by atoms with Gasteiger partial charge < -0.3 is 5.32 Å². The molecule has 0 saturated carbocycles. The van der Waals surface area contributed by atoms with E-state index in [1.54, 1.807) is 12.1 Å². The van der Waals surface area contributed by atoms with Crippen molar-refractivity contribution in [2.75, 3.05) is 11.6 Å². The molecule has 21 heavy (non-hydrogen) atoms. The molecule has 1 N–H and O–H groups in total. The van der Waals surface area contributed by atoms with Gasteiger partial charge in [-0.05, 0) is 48.2 Å². The van der Waals surface area contributed by atoms with E-state index in [1.807, 2.05) is 42.7 Å². The highest BCUT2D eigenvalue weighted by molar-refractivity contribution is 9.10. The van der Waals surface area contributed by atoms with E-state index >= 15 is 0 Å². The Balaban J connectivity index is 2.37. The highest BCUT2D eigenvalue weighted by Gasteiger charge is 2.09. The molecule has 0 saturated heterocycles. The van der Waals surface area contributed by atoms with E-state index in [0.29, 0.717) is 10.6 Å². The van der Waals surface area contributed by atoms with Gasteiger partial charge in [0.15, 0.2) is 0 Å². The summed E-state index contributed by atoms with van der Waals surface area (Å²) >= 11 is 10.8. The van der Waals surface area contributed by atoms with Crippen LogP contribution in [0.4, 0.5) is 5.69 Å². The molecule has 0 fully saturated rings. The van der Waals surface area contributed by atoms with Gasteiger partial charge in [0.25, 0.3) is 0 Å². The van der Waals surface area contributed by atoms with Gasteiger partial charge in [-0.2, -0.15) is 5.26 Å². The molecule has 0 aliphatic rings. The third kappa shape index (κ3) is 4.28. The summed E-state index contributed by atoms with van der Waals surface area (Å²) in [5.74, 6) is 0. The Labute approximate surface area is 141 Å². The van der Waals surface area contributed by atoms with Crippen molar-refractivity contribution in [2.24, 2.45) is 0 Å². The van der Waals surface area contributed by atoms with Crippen LogP contribution in [-0.2, 0) is 0 Å². The number of hydrogen-bond acceptors (Lipinski definition) is 3. The lowest BCUT2D eigenvalue weighted by Crippen LogP contribution is -1.99. The first-order valence-corrected chi connectivity index (χ1v) is 8.50. The molecule has 106 valence electrons. The van der Waals surface area contributed by atoms with Gasteiger partial charge in [0.1, 0.15) is 6.07 Å². The normalized spacial score (nSPS) is 11.5. The Morgan fingerprint density at radius 2 is 1.76 bits per heavy atom. The lowest BCUT2D eigenvalue weighted by atomic mass is 10.1. The first-order valence-electron chi connectivity index (χ1n) is 6.11. The highest BCUT2D eigenvalue weighted by Crippen LogP contribution is 2.28. The van der Waals surface area contributed by atoms with E-state index in [1.165, 1.54) is 11.8 Å². The number of halogens is 2. The van der Waals surface area contributed by atoms with Crippen molar-refractivity contribution in [3.05, 3.63) is 68.6 Å². The van der Waals surface area contributed by atoms with Crippen LogP contribution < -0.4 is 5.32 Å². The number of hydrogen-bond donors (Lipinski definition) is 1. The SMILES string of the molecule is CS/C(Nc1ccc(Br)cc1)=C(\C#N)c1ccc(Cl)cc1. The van der Waals surface area contributed by atoms with E-state index in [9.17, 15) is 5.26 Å². The molecule has 2 rings (SSSR count). The molecule has 0 radical (unpaired) electrons. The Morgan fingerprint density at radius 1 is 1.14 bits per heavy atom. The molecule has 0 aromatic heterocycles. The van der Waals surface area contributed by atoms with Gasteiger partial charge in [0, 0.05) is 15.2 Å². The number of thioether (sulfide) groups is 1. The van der Waals surface area contributed by atoms with Crippen LogP contribution in [-0.4, -0.2) is 6.26 Å². The molecular weight excluding hydrogens is 368 g/mol. The quantitative estimate of drug-likeness (QED) is 0.685. The third-order valence-electron chi connectivity index (χ3n) is 2.78. The van der Waals surface area contributed by atoms with Crippen LogP contribution in [0.15, 0.2) is 58.0 Å². The zero-order chi connectivity index (χ0) is 15.2. The Morgan fingerprint density at radius 3 is 2.29 bits per heavy atom. The Bertz CT molecular complexity index is 688. The first kappa shape index (κ1) is 16.0. The van der Waals surface area contributed by atoms with Gasteiger partial charge in [0.2, 0.25) is 0 Å². The van der Waals surface area contributed by atoms with Crippen LogP contribution in [0.2, 0.25) is 5.02 Å². The average Bonchev–Trinajstić information content (AvgIpc) is 2.50. The van der Waals surface area contributed by atoms with Crippen LogP contribution in [0, 0.1) is 11.3 Å². The van der Waals surface area contributed by atoms with Crippen LogP contribution in [0.3, 0.4) is 0 Å². The number of nitrogens with one attached hydrogen (secondary N) is 1. The number of benzene rings is 2. The lowest BCUT2D eigenvalue weighted by Gasteiger charge is -2.11. The number of allylic oxidation sites excluding steroid dienone is 1. The predicted molar refractivity (Wildman–Crippen MR) is 95.3 cm³/mol. The van der Waals surface area contributed by atoms with Gasteiger partial charge in [-0.3, -0.25) is 0 Å². The molecule has 0 atom stereocenters. The molecule has 5 heteroatoms. The smallest absolute Gasteiger partial charge is 0.103 e. The van der Waals surface area contributed by atoms with Gasteiger partial charge in [-0.15, -0.1) is 11.8 Å². The summed E-state index contributed by atoms with van der Waals surface area (Å²) in [6, 6.07) is 17.3. The summed E-state index contributed by atoms with van der Waals surface area (Å²) in [5, 5.41) is 14.2. The maximum atomic E-state index is 9.47. The molecular formula is C16H12BrClN2S. The van der Waals surface area contributed by atoms with E-state index < -0.39 is 0 Å². The highest BCUT2D eigenvalue weighted by atomic mass is 79.9. The van der Waals surface area contributed by atoms with Crippen molar-refractivity contribution in [2.45, 2.75) is 0 Å². The number of rotatable bonds is 4. The fourth-order valence-electron chi connectivity index (χ4n) is 1.74. The summed E-state index contributed by atoms with van der Waals surface area (Å²) in [6.45, 7) is 0. The summed E-state index contributed by atoms with van der Waals surface area (Å²) in [5.41, 5.74) is 2.38. The van der Waals surface area contributed by atoms with E-state index in [-0.39, 0.29) is 0 Å². The molecule has 0 aliphatic heterocycles. The van der Waals surface area contributed by atoms with Gasteiger partial charge >= 0.3 is 0 Å². The zero-order valence-corrected chi connectivity index (χ0v) is 14.4. The van der Waals surface area contributed by atoms with Crippen molar-refractivity contribution >= 4 is 50.6 Å². The molecule has 0 aliphatic carbocycles. The second kappa shape index (κ2) is 7.56. The fourth-order valence-corrected chi connectivity index (χ4v) is 2.72. The second-order valence-electron chi connectivity index (χ2n) is 4.16. The van der Waals surface area contributed by atoms with Gasteiger partial charge in [-0.25, -0.2) is 0 Å². The largest absolute Gasteiger partial charge is 0.349 e. The summed E-state index contributed by atoms with van der Waals surface area (Å²) < 4.78 is 1.01. The minimum atomic E-state index is 0.599. The van der Waals surface area contributed by atoms with E-state index in [4.69, 9.17) is 11.6 Å². The topological polar surface area (TPSA) is 35.8 Å². The minimum absolute atomic E-state index is 0.599. The predicted octanol–water partition coefficient (Wildman–Crippen LogP) is 5.77. The van der Waals surface area contributed by atoms with Crippen molar-refractivity contribution in [3.63, 3.8) is 0 Å². The number of anilines is 1. The monoisotopic (exact) mass is 378 g/mol. The van der Waals surface area contributed by atoms with Crippen LogP contribution in [0.25, 0.3) is 5.57 Å². The van der Waals surface area contributed by atoms with E-state index in [2.05, 4.69) is 27.3 Å². The fraction of sp³-hybridized carbons (Fsp3) is 0.0625. The molecule has 2 aromatic rings. The summed E-state index contributed by atoms with van der Waals surface area (Å²) in [6.07, 6.45) is 1.94. The van der Waals surface area contributed by atoms with Crippen LogP contribution in [0.5, 0.6) is 0 Å². The molecule has 0 amide bonds. The Kier molecular flexibility index (Phi) is 5.75. The molecule has 0 heterocycles. The molecule has 0 spiro atoms. The number of nitriles is 1. The standard InChI is InChI=1S/C16H12BrClN2S/c1-21-16(20-14-8-4-12(17)5-9-14)15(10-19)11-2-6-13(18)7-3-11/h2-9,20H,1H3/b16-15+. The lowest BCUT2D eigenvalue weighted by molar-refractivity contribution is 1.49. The van der Waals surface area contributed by atoms with Crippen molar-refractivity contribution < 1.29 is 0 Å². The molecule has 0 bridgehead atoms. The first-order chi connectivity index (χ1) is 10.1. The third-order valence-corrected chi connectivity index (χ3v) is 4.27.